The molecule has 0 aliphatic rings. The highest BCUT2D eigenvalue weighted by atomic mass is 14.0. The predicted octanol–water partition coefficient (Wildman–Crippen LogP) is 5.77. The van der Waals surface area contributed by atoms with Crippen molar-refractivity contribution in [1.29, 1.82) is 0 Å². The molecule has 0 radical (unpaired) electrons. The average Bonchev–Trinajstić information content (AvgIpc) is 1.84. The van der Waals surface area contributed by atoms with Gasteiger partial charge in [-0.1, -0.05) is 69.2 Å². The average molecular weight is 202 g/mol. The molecule has 0 bridgehead atoms. The molecule has 0 fully saturated rings. The Kier molecular flexibility index (Phi) is 15.5. The highest BCUT2D eigenvalue weighted by molar-refractivity contribution is 4.48. The van der Waals surface area contributed by atoms with Gasteiger partial charge >= 0.3 is 0 Å². The summed E-state index contributed by atoms with van der Waals surface area (Å²) in [5, 5.41) is 0. The van der Waals surface area contributed by atoms with Gasteiger partial charge in [0.2, 0.25) is 0 Å². The summed E-state index contributed by atoms with van der Waals surface area (Å²) >= 11 is 0. The van der Waals surface area contributed by atoms with Gasteiger partial charge in [-0.2, -0.15) is 0 Å². The van der Waals surface area contributed by atoms with Crippen LogP contribution in [0.5, 0.6) is 0 Å². The van der Waals surface area contributed by atoms with Crippen LogP contribution in [-0.4, -0.2) is 0 Å². The van der Waals surface area contributed by atoms with Crippen molar-refractivity contribution in [3.05, 3.63) is 0 Å². The summed E-state index contributed by atoms with van der Waals surface area (Å²) in [7, 11) is 0. The van der Waals surface area contributed by atoms with Crippen molar-refractivity contribution in [3.63, 3.8) is 0 Å². The molecule has 0 amide bonds. The molecule has 0 atom stereocenters. The Morgan fingerprint density at radius 2 is 0.857 bits per heavy atom. The van der Waals surface area contributed by atoms with Crippen LogP contribution >= 0.6 is 0 Å². The van der Waals surface area contributed by atoms with Crippen LogP contribution in [0.15, 0.2) is 0 Å². The van der Waals surface area contributed by atoms with E-state index in [4.69, 9.17) is 0 Å². The van der Waals surface area contributed by atoms with Crippen LogP contribution in [0.3, 0.4) is 0 Å². The Morgan fingerprint density at radius 3 is 0.857 bits per heavy atom. The zero-order valence-corrected chi connectivity index (χ0v) is 12.4. The fraction of sp³-hybridized carbons (Fsp3) is 1.00. The molecule has 0 saturated carbocycles. The summed E-state index contributed by atoms with van der Waals surface area (Å²) in [4.78, 5) is 0. The first-order valence-electron chi connectivity index (χ1n) is 6.13. The maximum absolute atomic E-state index is 2.26. The summed E-state index contributed by atoms with van der Waals surface area (Å²) in [5.41, 5.74) is 0.500. The van der Waals surface area contributed by atoms with E-state index in [1.807, 2.05) is 13.8 Å². The fourth-order valence-electron chi connectivity index (χ4n) is 0.943. The lowest BCUT2D eigenvalue weighted by Gasteiger charge is -2.05. The van der Waals surface area contributed by atoms with Crippen molar-refractivity contribution in [2.45, 2.75) is 75.7 Å². The normalized spacial score (nSPS) is 10.3. The van der Waals surface area contributed by atoms with Gasteiger partial charge < -0.3 is 0 Å². The molecule has 90 valence electrons. The van der Waals surface area contributed by atoms with E-state index in [1.54, 1.807) is 0 Å². The SMILES string of the molecule is CC.CC(C)(C)C.CC(C)CC(C)C. The standard InChI is InChI=1S/C7H16.C5H12.C2H6/c1-6(2)5-7(3)4;1-5(2,3)4;1-2/h6-7H,5H2,1-4H3;1-4H3;1-2H3. The lowest BCUT2D eigenvalue weighted by Crippen LogP contribution is -1.93. The highest BCUT2D eigenvalue weighted by Gasteiger charge is 1.96. The van der Waals surface area contributed by atoms with Crippen molar-refractivity contribution in [1.82, 2.24) is 0 Å². The Hall–Kier alpha value is 0. The molecule has 0 nitrogen and oxygen atoms in total. The number of hydrogen-bond acceptors (Lipinski definition) is 0. The molecule has 0 N–H and O–H groups in total. The van der Waals surface area contributed by atoms with Crippen LogP contribution in [0.1, 0.15) is 75.7 Å². The van der Waals surface area contributed by atoms with Crippen LogP contribution in [-0.2, 0) is 0 Å². The molecular weight excluding hydrogens is 168 g/mol. The first kappa shape index (κ1) is 19.6. The van der Waals surface area contributed by atoms with E-state index in [2.05, 4.69) is 55.4 Å². The monoisotopic (exact) mass is 202 g/mol. The predicted molar refractivity (Wildman–Crippen MR) is 70.8 cm³/mol. The maximum Gasteiger partial charge on any atom is -0.0411 e. The summed E-state index contributed by atoms with van der Waals surface area (Å²) in [6.07, 6.45) is 1.36. The smallest absolute Gasteiger partial charge is 0.0411 e. The molecule has 0 aromatic heterocycles. The fourth-order valence-corrected chi connectivity index (χ4v) is 0.943. The van der Waals surface area contributed by atoms with Crippen LogP contribution in [0.25, 0.3) is 0 Å². The molecule has 0 aromatic carbocycles. The summed E-state index contributed by atoms with van der Waals surface area (Å²) in [6.45, 7) is 21.8. The van der Waals surface area contributed by atoms with Gasteiger partial charge in [0, 0.05) is 0 Å². The van der Waals surface area contributed by atoms with Gasteiger partial charge in [0.25, 0.3) is 0 Å². The largest absolute Gasteiger partial charge is 0.0683 e. The van der Waals surface area contributed by atoms with Gasteiger partial charge in [0.1, 0.15) is 0 Å². The first-order chi connectivity index (χ1) is 6.13. The van der Waals surface area contributed by atoms with Gasteiger partial charge in [-0.25, -0.2) is 0 Å². The lowest BCUT2D eigenvalue weighted by atomic mass is 10.0. The first-order valence-corrected chi connectivity index (χ1v) is 6.13. The molecule has 0 unspecified atom stereocenters. The van der Waals surface area contributed by atoms with Crippen molar-refractivity contribution >= 4 is 0 Å². The van der Waals surface area contributed by atoms with Gasteiger partial charge in [0.15, 0.2) is 0 Å². The van der Waals surface area contributed by atoms with E-state index in [0.29, 0.717) is 5.41 Å². The minimum Gasteiger partial charge on any atom is -0.0683 e. The second kappa shape index (κ2) is 11.1. The summed E-state index contributed by atoms with van der Waals surface area (Å²) in [5.74, 6) is 1.75. The third-order valence-corrected chi connectivity index (χ3v) is 0.943. The van der Waals surface area contributed by atoms with E-state index in [0.717, 1.165) is 11.8 Å². The molecule has 0 aliphatic carbocycles. The second-order valence-electron chi connectivity index (χ2n) is 6.02. The van der Waals surface area contributed by atoms with Gasteiger partial charge in [0.05, 0.1) is 0 Å². The highest BCUT2D eigenvalue weighted by Crippen LogP contribution is 2.08. The van der Waals surface area contributed by atoms with E-state index in [1.165, 1.54) is 6.42 Å². The van der Waals surface area contributed by atoms with E-state index in [-0.39, 0.29) is 0 Å². The topological polar surface area (TPSA) is 0 Å². The Bertz CT molecular complexity index is 70.7. The maximum atomic E-state index is 2.26. The molecule has 0 aromatic rings. The van der Waals surface area contributed by atoms with Crippen molar-refractivity contribution in [3.8, 4) is 0 Å². The van der Waals surface area contributed by atoms with Gasteiger partial charge in [-0.15, -0.1) is 0 Å². The van der Waals surface area contributed by atoms with Crippen LogP contribution in [0.2, 0.25) is 0 Å². The van der Waals surface area contributed by atoms with E-state index < -0.39 is 0 Å². The molecule has 0 spiro atoms. The summed E-state index contributed by atoms with van der Waals surface area (Å²) in [6, 6.07) is 0. The van der Waals surface area contributed by atoms with E-state index in [9.17, 15) is 0 Å². The van der Waals surface area contributed by atoms with E-state index >= 15 is 0 Å². The Balaban J connectivity index is -0.000000152. The minimum absolute atomic E-state index is 0.500. The molecular formula is C14H34. The van der Waals surface area contributed by atoms with Crippen LogP contribution < -0.4 is 0 Å². The van der Waals surface area contributed by atoms with Crippen molar-refractivity contribution in [2.24, 2.45) is 17.3 Å². The third-order valence-electron chi connectivity index (χ3n) is 0.943. The molecule has 0 rings (SSSR count). The molecule has 0 aliphatic heterocycles. The molecule has 0 saturated heterocycles. The quantitative estimate of drug-likeness (QED) is 0.533. The number of rotatable bonds is 2. The van der Waals surface area contributed by atoms with Crippen molar-refractivity contribution in [2.75, 3.05) is 0 Å². The molecule has 0 heteroatoms. The van der Waals surface area contributed by atoms with Crippen LogP contribution in [0.4, 0.5) is 0 Å². The zero-order valence-electron chi connectivity index (χ0n) is 12.4. The Labute approximate surface area is 93.5 Å². The third kappa shape index (κ3) is 90.8. The summed E-state index contributed by atoms with van der Waals surface area (Å²) < 4.78 is 0. The number of hydrogen-bond donors (Lipinski definition) is 0. The molecule has 0 heterocycles. The Morgan fingerprint density at radius 1 is 0.714 bits per heavy atom. The second-order valence-corrected chi connectivity index (χ2v) is 6.02. The molecule has 14 heavy (non-hydrogen) atoms. The minimum atomic E-state index is 0.500. The zero-order chi connectivity index (χ0) is 12.4. The van der Waals surface area contributed by atoms with Crippen molar-refractivity contribution < 1.29 is 0 Å². The lowest BCUT2D eigenvalue weighted by molar-refractivity contribution is 0.469. The van der Waals surface area contributed by atoms with Crippen LogP contribution in [0, 0.1) is 17.3 Å². The van der Waals surface area contributed by atoms with Gasteiger partial charge in [-0.05, 0) is 23.7 Å². The van der Waals surface area contributed by atoms with Gasteiger partial charge in [-0.3, -0.25) is 0 Å².